The zero-order valence-corrected chi connectivity index (χ0v) is 31.3. The lowest BCUT2D eigenvalue weighted by Gasteiger charge is -2.46. The normalized spacial score (nSPS) is 45.7. The fraction of sp³-hybridized carbons (Fsp3) is 0.850. The Morgan fingerprint density at radius 2 is 1.47 bits per heavy atom. The van der Waals surface area contributed by atoms with Gasteiger partial charge in [-0.1, -0.05) is 25.7 Å². The fourth-order valence-electron chi connectivity index (χ4n) is 9.63. The second-order valence-electron chi connectivity index (χ2n) is 16.6. The molecule has 0 aromatic rings. The fourth-order valence-corrected chi connectivity index (χ4v) is 9.63. The van der Waals surface area contributed by atoms with Gasteiger partial charge < -0.3 is 54.0 Å². The molecule has 6 saturated heterocycles. The van der Waals surface area contributed by atoms with E-state index in [0.717, 1.165) is 11.1 Å². The van der Waals surface area contributed by atoms with Gasteiger partial charge in [0.2, 0.25) is 0 Å². The Morgan fingerprint density at radius 1 is 0.736 bits per heavy atom. The molecule has 0 aromatic heterocycles. The van der Waals surface area contributed by atoms with E-state index in [0.29, 0.717) is 57.8 Å². The Labute approximate surface area is 313 Å². The van der Waals surface area contributed by atoms with Crippen LogP contribution in [-0.2, 0) is 38.0 Å². The maximum atomic E-state index is 13.7. The monoisotopic (exact) mass is 750 g/mol. The van der Waals surface area contributed by atoms with Crippen LogP contribution >= 0.6 is 0 Å². The summed E-state index contributed by atoms with van der Waals surface area (Å²) < 4.78 is 37.2. The third kappa shape index (κ3) is 9.68. The number of ketones is 2. The van der Waals surface area contributed by atoms with Crippen LogP contribution in [0.5, 0.6) is 0 Å². The van der Waals surface area contributed by atoms with Crippen LogP contribution in [0.1, 0.15) is 96.8 Å². The molecule has 5 N–H and O–H groups in total. The minimum absolute atomic E-state index is 0.0154. The quantitative estimate of drug-likeness (QED) is 0.264. The Bertz CT molecular complexity index is 1290. The van der Waals surface area contributed by atoms with Crippen LogP contribution < -0.4 is 0 Å². The Balaban J connectivity index is 1.17. The number of carbonyl (C=O) groups excluding carboxylic acids is 2. The van der Waals surface area contributed by atoms with Crippen LogP contribution in [0.3, 0.4) is 0 Å². The molecule has 6 aliphatic heterocycles. The molecule has 0 aromatic carbocycles. The number of fused-ring (bicyclic) bond motifs is 5. The summed E-state index contributed by atoms with van der Waals surface area (Å²) >= 11 is 0. The van der Waals surface area contributed by atoms with Gasteiger partial charge in [-0.2, -0.15) is 0 Å². The van der Waals surface area contributed by atoms with E-state index in [4.69, 9.17) is 28.4 Å². The van der Waals surface area contributed by atoms with Crippen molar-refractivity contribution in [1.82, 2.24) is 0 Å². The highest BCUT2D eigenvalue weighted by atomic mass is 16.6. The van der Waals surface area contributed by atoms with Crippen molar-refractivity contribution in [3.63, 3.8) is 0 Å². The molecule has 17 atom stereocenters. The summed E-state index contributed by atoms with van der Waals surface area (Å²) in [5.74, 6) is -0.390. The van der Waals surface area contributed by atoms with Gasteiger partial charge in [0.15, 0.2) is 0 Å². The van der Waals surface area contributed by atoms with Gasteiger partial charge in [0.25, 0.3) is 0 Å². The van der Waals surface area contributed by atoms with Crippen molar-refractivity contribution in [2.75, 3.05) is 13.7 Å². The minimum Gasteiger partial charge on any atom is -0.394 e. The van der Waals surface area contributed by atoms with Gasteiger partial charge in [-0.25, -0.2) is 0 Å². The highest BCUT2D eigenvalue weighted by Crippen LogP contribution is 2.42. The highest BCUT2D eigenvalue weighted by Gasteiger charge is 2.57. The van der Waals surface area contributed by atoms with E-state index in [-0.39, 0.29) is 73.8 Å². The minimum atomic E-state index is -1.11. The molecule has 6 bridgehead atoms. The third-order valence-corrected chi connectivity index (χ3v) is 12.7. The number of Topliss-reactive ketones (excluding diaryl/α,β-unsaturated/α-hetero) is 2. The van der Waals surface area contributed by atoms with E-state index in [2.05, 4.69) is 20.1 Å². The molecule has 0 radical (unpaired) electrons. The Morgan fingerprint density at radius 3 is 2.23 bits per heavy atom. The first-order chi connectivity index (χ1) is 25.3. The van der Waals surface area contributed by atoms with E-state index in [1.807, 2.05) is 0 Å². The number of methoxy groups -OCH3 is 1. The smallest absolute Gasteiger partial charge is 0.135 e. The molecule has 6 rings (SSSR count). The molecule has 13 nitrogen and oxygen atoms in total. The van der Waals surface area contributed by atoms with Gasteiger partial charge in [-0.3, -0.25) is 9.59 Å². The maximum Gasteiger partial charge on any atom is 0.135 e. The van der Waals surface area contributed by atoms with Crippen molar-refractivity contribution in [2.45, 2.75) is 188 Å². The van der Waals surface area contributed by atoms with Crippen molar-refractivity contribution in [2.24, 2.45) is 11.8 Å². The van der Waals surface area contributed by atoms with Crippen molar-refractivity contribution >= 4 is 11.6 Å². The summed E-state index contributed by atoms with van der Waals surface area (Å²) in [6.07, 6.45) is -3.84. The largest absolute Gasteiger partial charge is 0.394 e. The van der Waals surface area contributed by atoms with Crippen LogP contribution in [0.4, 0.5) is 0 Å². The van der Waals surface area contributed by atoms with Crippen LogP contribution in [-0.4, -0.2) is 142 Å². The van der Waals surface area contributed by atoms with Gasteiger partial charge in [0.1, 0.15) is 42.1 Å². The predicted molar refractivity (Wildman–Crippen MR) is 191 cm³/mol. The number of aliphatic hydroxyl groups excluding tert-OH is 5. The molecule has 0 spiro atoms. The number of carbonyl (C=O) groups is 2. The van der Waals surface area contributed by atoms with Gasteiger partial charge in [0, 0.05) is 45.1 Å². The average molecular weight is 751 g/mol. The van der Waals surface area contributed by atoms with Crippen LogP contribution in [0.25, 0.3) is 0 Å². The second kappa shape index (κ2) is 18.1. The number of ether oxygens (including phenoxy) is 6. The third-order valence-electron chi connectivity index (χ3n) is 12.7. The summed E-state index contributed by atoms with van der Waals surface area (Å²) in [6, 6.07) is 0. The first-order valence-corrected chi connectivity index (χ1v) is 19.9. The summed E-state index contributed by atoms with van der Waals surface area (Å²) in [4.78, 5) is 26.8. The van der Waals surface area contributed by atoms with E-state index in [9.17, 15) is 35.1 Å². The van der Waals surface area contributed by atoms with E-state index in [1.165, 1.54) is 0 Å². The molecule has 0 aliphatic carbocycles. The van der Waals surface area contributed by atoms with Crippen LogP contribution in [0.2, 0.25) is 0 Å². The molecule has 0 amide bonds. The van der Waals surface area contributed by atoms with Gasteiger partial charge in [0.05, 0.1) is 67.6 Å². The zero-order valence-electron chi connectivity index (χ0n) is 31.3. The van der Waals surface area contributed by atoms with E-state index >= 15 is 0 Å². The maximum absolute atomic E-state index is 13.7. The van der Waals surface area contributed by atoms with Crippen molar-refractivity contribution < 1.29 is 63.5 Å². The van der Waals surface area contributed by atoms with Crippen molar-refractivity contribution in [3.8, 4) is 0 Å². The van der Waals surface area contributed by atoms with Crippen LogP contribution in [0, 0.1) is 11.8 Å². The predicted octanol–water partition coefficient (Wildman–Crippen LogP) is 2.25. The number of hydrogen-bond acceptors (Lipinski definition) is 13. The van der Waals surface area contributed by atoms with Gasteiger partial charge in [-0.05, 0) is 69.3 Å². The summed E-state index contributed by atoms with van der Waals surface area (Å²) in [6.45, 7) is 10.2. The van der Waals surface area contributed by atoms with Gasteiger partial charge >= 0.3 is 0 Å². The molecular weight excluding hydrogens is 688 g/mol. The van der Waals surface area contributed by atoms with Gasteiger partial charge in [-0.15, -0.1) is 0 Å². The molecule has 17 unspecified atom stereocenters. The zero-order chi connectivity index (χ0) is 38.0. The Kier molecular flexibility index (Phi) is 14.0. The van der Waals surface area contributed by atoms with E-state index in [1.54, 1.807) is 7.11 Å². The standard InChI is InChI=1S/C40H62O13/c1-20-5-10-31-29(37(48-4)34(51-31)18-26(45)19-41)16-25(44)15-28-9-12-32-38(50-28)36(47)40-39(52-32)35(46)33(53-40)17-24(43)6-8-27-14-22(3)30(49-27)11-7-23(42)13-21(20)2/h21,23,26-42,45-47H,1,3,5-19H2,2,4H3. The molecule has 0 saturated carbocycles. The molecule has 6 heterocycles. The second-order valence-corrected chi connectivity index (χ2v) is 16.6. The summed E-state index contributed by atoms with van der Waals surface area (Å²) in [5.41, 5.74) is 1.93. The molecular formula is C40H62O13. The number of rotatable bonds is 4. The highest BCUT2D eigenvalue weighted by molar-refractivity contribution is 5.79. The first kappa shape index (κ1) is 41.0. The molecule has 6 aliphatic rings. The lowest BCUT2D eigenvalue weighted by molar-refractivity contribution is -0.259. The molecule has 6 fully saturated rings. The number of hydrogen-bond donors (Lipinski definition) is 5. The molecule has 53 heavy (non-hydrogen) atoms. The lowest BCUT2D eigenvalue weighted by Crippen LogP contribution is -2.61. The SMILES string of the molecule is C=C1CCC2OC(CC(O)CO)C(OC)C2CC(=O)CC2CCC3OC4C(O)C(CC(=O)CCC5CC(=C)C(CCC(O)CC1C)O5)OC4C(O)C3O2. The lowest BCUT2D eigenvalue weighted by atomic mass is 9.83. The number of aliphatic hydroxyl groups is 5. The van der Waals surface area contributed by atoms with Crippen LogP contribution in [0.15, 0.2) is 24.3 Å². The Hall–Kier alpha value is -1.62. The summed E-state index contributed by atoms with van der Waals surface area (Å²) in [5, 5.41) is 53.3. The topological polar surface area (TPSA) is 191 Å². The molecule has 13 heteroatoms. The number of allylic oxidation sites excluding steroid dienone is 1. The van der Waals surface area contributed by atoms with Crippen molar-refractivity contribution in [1.29, 1.82) is 0 Å². The summed E-state index contributed by atoms with van der Waals surface area (Å²) in [7, 11) is 1.57. The van der Waals surface area contributed by atoms with Crippen molar-refractivity contribution in [3.05, 3.63) is 24.3 Å². The van der Waals surface area contributed by atoms with E-state index < -0.39 is 79.9 Å². The molecule has 300 valence electrons. The average Bonchev–Trinajstić information content (AvgIpc) is 3.76. The first-order valence-electron chi connectivity index (χ1n) is 19.9.